The van der Waals surface area contributed by atoms with Gasteiger partial charge in [0.15, 0.2) is 5.78 Å². The highest BCUT2D eigenvalue weighted by atomic mass is 79.9. The van der Waals surface area contributed by atoms with Crippen LogP contribution < -0.4 is 0 Å². The van der Waals surface area contributed by atoms with Gasteiger partial charge in [0.05, 0.1) is 12.3 Å². The van der Waals surface area contributed by atoms with Crippen molar-refractivity contribution >= 4 is 27.4 Å². The van der Waals surface area contributed by atoms with Crippen LogP contribution in [0.1, 0.15) is 44.1 Å². The van der Waals surface area contributed by atoms with Gasteiger partial charge in [0, 0.05) is 10.9 Å². The van der Waals surface area contributed by atoms with Crippen molar-refractivity contribution in [1.29, 1.82) is 0 Å². The van der Waals surface area contributed by atoms with Crippen molar-refractivity contribution in [3.05, 3.63) is 34.3 Å². The van der Waals surface area contributed by atoms with Crippen LogP contribution in [-0.2, 0) is 11.3 Å². The van der Waals surface area contributed by atoms with Crippen LogP contribution in [0.3, 0.4) is 0 Å². The zero-order valence-electron chi connectivity index (χ0n) is 11.0. The normalized spacial score (nSPS) is 23.6. The molecule has 2 aliphatic carbocycles. The lowest BCUT2D eigenvalue weighted by Crippen LogP contribution is -2.15. The molecule has 0 bridgehead atoms. The largest absolute Gasteiger partial charge is 0.293 e. The van der Waals surface area contributed by atoms with Gasteiger partial charge < -0.3 is 0 Å². The smallest absolute Gasteiger partial charge is 0.176 e. The number of halogens is 1. The Labute approximate surface area is 122 Å². The summed E-state index contributed by atoms with van der Waals surface area (Å²) in [5.41, 5.74) is 2.46. The van der Waals surface area contributed by atoms with Crippen LogP contribution in [0.15, 0.2) is 33.7 Å². The molecule has 0 heterocycles. The molecule has 0 N–H and O–H groups in total. The van der Waals surface area contributed by atoms with Crippen LogP contribution >= 0.6 is 15.9 Å². The number of ketones is 1. The second kappa shape index (κ2) is 5.20. The summed E-state index contributed by atoms with van der Waals surface area (Å²) < 4.78 is 1.08. The Kier molecular flexibility index (Phi) is 3.57. The van der Waals surface area contributed by atoms with E-state index < -0.39 is 0 Å². The minimum absolute atomic E-state index is 0.279. The first-order valence-corrected chi connectivity index (χ1v) is 7.77. The third-order valence-corrected chi connectivity index (χ3v) is 4.83. The zero-order valence-corrected chi connectivity index (χ0v) is 12.6. The van der Waals surface area contributed by atoms with Crippen LogP contribution in [0.2, 0.25) is 0 Å². The van der Waals surface area contributed by atoms with Gasteiger partial charge >= 0.3 is 0 Å². The minimum Gasteiger partial charge on any atom is -0.293 e. The number of benzene rings is 1. The number of hydrogen-bond acceptors (Lipinski definition) is 2. The molecule has 2 saturated carbocycles. The van der Waals surface area contributed by atoms with Gasteiger partial charge in [0.1, 0.15) is 0 Å². The number of hydrogen-bond donors (Lipinski definition) is 0. The van der Waals surface area contributed by atoms with E-state index in [2.05, 4.69) is 33.1 Å². The first-order valence-electron chi connectivity index (χ1n) is 6.98. The second-order valence-corrected chi connectivity index (χ2v) is 6.76. The van der Waals surface area contributed by atoms with Crippen LogP contribution in [-0.4, -0.2) is 11.5 Å². The summed E-state index contributed by atoms with van der Waals surface area (Å²) >= 11 is 3.43. The molecule has 2 nitrogen and oxygen atoms in total. The van der Waals surface area contributed by atoms with Crippen LogP contribution in [0, 0.1) is 5.41 Å². The average Bonchev–Trinajstić information content (AvgIpc) is 3.18. The fraction of sp³-hybridized carbons (Fsp3) is 0.500. The third-order valence-electron chi connectivity index (χ3n) is 4.30. The Morgan fingerprint density at radius 2 is 1.89 bits per heavy atom. The molecule has 3 heteroatoms. The topological polar surface area (TPSA) is 29.4 Å². The van der Waals surface area contributed by atoms with E-state index in [1.54, 1.807) is 0 Å². The van der Waals surface area contributed by atoms with Gasteiger partial charge in [-0.05, 0) is 55.2 Å². The number of aliphatic imine (C=N–C) groups is 1. The zero-order chi connectivity index (χ0) is 13.3. The quantitative estimate of drug-likeness (QED) is 0.798. The molecule has 0 atom stereocenters. The average molecular weight is 320 g/mol. The Morgan fingerprint density at radius 1 is 1.16 bits per heavy atom. The molecule has 2 fully saturated rings. The second-order valence-electron chi connectivity index (χ2n) is 5.84. The van der Waals surface area contributed by atoms with Gasteiger partial charge in [-0.15, -0.1) is 0 Å². The van der Waals surface area contributed by atoms with Crippen LogP contribution in [0.5, 0.6) is 0 Å². The summed E-state index contributed by atoms with van der Waals surface area (Å²) in [7, 11) is 0. The fourth-order valence-corrected chi connectivity index (χ4v) is 3.10. The maximum Gasteiger partial charge on any atom is 0.176 e. The molecule has 1 aromatic rings. The van der Waals surface area contributed by atoms with E-state index in [-0.39, 0.29) is 5.78 Å². The van der Waals surface area contributed by atoms with Crippen LogP contribution in [0.4, 0.5) is 0 Å². The maximum atomic E-state index is 12.1. The predicted octanol–water partition coefficient (Wildman–Crippen LogP) is 4.31. The van der Waals surface area contributed by atoms with Crippen LogP contribution in [0.25, 0.3) is 0 Å². The highest BCUT2D eigenvalue weighted by Gasteiger charge is 2.45. The monoisotopic (exact) mass is 319 g/mol. The van der Waals surface area contributed by atoms with E-state index in [4.69, 9.17) is 0 Å². The molecule has 2 aliphatic rings. The Balaban J connectivity index is 1.73. The van der Waals surface area contributed by atoms with Crippen molar-refractivity contribution in [3.8, 4) is 0 Å². The van der Waals surface area contributed by atoms with Gasteiger partial charge in [0.25, 0.3) is 0 Å². The molecule has 3 rings (SSSR count). The number of nitrogens with zero attached hydrogens (tertiary/aromatic N) is 1. The molecule has 0 aliphatic heterocycles. The summed E-state index contributed by atoms with van der Waals surface area (Å²) in [5, 5.41) is 0. The molecule has 100 valence electrons. The highest BCUT2D eigenvalue weighted by molar-refractivity contribution is 9.10. The first-order chi connectivity index (χ1) is 9.17. The highest BCUT2D eigenvalue weighted by Crippen LogP contribution is 2.54. The fourth-order valence-electron chi connectivity index (χ4n) is 2.83. The van der Waals surface area contributed by atoms with Gasteiger partial charge in [-0.2, -0.15) is 0 Å². The summed E-state index contributed by atoms with van der Waals surface area (Å²) in [5.74, 6) is 0.279. The van der Waals surface area contributed by atoms with Crippen molar-refractivity contribution < 1.29 is 4.79 Å². The Morgan fingerprint density at radius 3 is 2.58 bits per heavy atom. The summed E-state index contributed by atoms with van der Waals surface area (Å²) in [6.45, 7) is 0.629. The number of Topliss-reactive ketones (excluding diaryl/α,β-unsaturated/α-hetero) is 1. The lowest BCUT2D eigenvalue weighted by atomic mass is 9.96. The van der Waals surface area contributed by atoms with E-state index in [9.17, 15) is 4.79 Å². The van der Waals surface area contributed by atoms with E-state index >= 15 is 0 Å². The van der Waals surface area contributed by atoms with Gasteiger partial charge in [-0.3, -0.25) is 9.79 Å². The third kappa shape index (κ3) is 3.14. The lowest BCUT2D eigenvalue weighted by molar-refractivity contribution is -0.113. The number of rotatable bonds is 2. The van der Waals surface area contributed by atoms with E-state index in [1.165, 1.54) is 19.3 Å². The van der Waals surface area contributed by atoms with Gasteiger partial charge in [-0.25, -0.2) is 0 Å². The SMILES string of the molecule is O=C1CCCC2(CC2)CC1=NCc1ccc(Br)cc1. The molecule has 0 unspecified atom stereocenters. The standard InChI is InChI=1S/C16H18BrNO/c17-13-5-3-12(4-6-13)11-18-14-10-16(8-9-16)7-1-2-15(14)19/h3-6H,1-2,7-11H2. The van der Waals surface area contributed by atoms with E-state index in [0.29, 0.717) is 18.4 Å². The molecular formula is C16H18BrNO. The summed E-state index contributed by atoms with van der Waals surface area (Å²) in [6, 6.07) is 8.16. The number of carbonyl (C=O) groups excluding carboxylic acids is 1. The molecular weight excluding hydrogens is 302 g/mol. The van der Waals surface area contributed by atoms with Gasteiger partial charge in [0.2, 0.25) is 0 Å². The van der Waals surface area contributed by atoms with Crippen molar-refractivity contribution in [2.45, 2.75) is 45.1 Å². The molecule has 0 radical (unpaired) electrons. The Bertz CT molecular complexity index is 514. The van der Waals surface area contributed by atoms with Crippen molar-refractivity contribution in [2.24, 2.45) is 10.4 Å². The summed E-state index contributed by atoms with van der Waals surface area (Å²) in [4.78, 5) is 16.7. The molecule has 0 amide bonds. The van der Waals surface area contributed by atoms with Crippen molar-refractivity contribution in [3.63, 3.8) is 0 Å². The molecule has 1 spiro atoms. The molecule has 1 aromatic carbocycles. The van der Waals surface area contributed by atoms with E-state index in [0.717, 1.165) is 28.6 Å². The lowest BCUT2D eigenvalue weighted by Gasteiger charge is -2.10. The Hall–Kier alpha value is -0.960. The molecule has 0 saturated heterocycles. The minimum atomic E-state index is 0.279. The van der Waals surface area contributed by atoms with Crippen molar-refractivity contribution in [1.82, 2.24) is 0 Å². The molecule has 19 heavy (non-hydrogen) atoms. The summed E-state index contributed by atoms with van der Waals surface area (Å²) in [6.07, 6.45) is 6.46. The first kappa shape index (κ1) is 13.0. The maximum absolute atomic E-state index is 12.1. The van der Waals surface area contributed by atoms with Gasteiger partial charge in [-0.1, -0.05) is 28.1 Å². The predicted molar refractivity (Wildman–Crippen MR) is 80.4 cm³/mol. The van der Waals surface area contributed by atoms with E-state index in [1.807, 2.05) is 12.1 Å². The number of carbonyl (C=O) groups is 1. The van der Waals surface area contributed by atoms with Crippen molar-refractivity contribution in [2.75, 3.05) is 0 Å². The molecule has 0 aromatic heterocycles.